The van der Waals surface area contributed by atoms with Gasteiger partial charge in [0.25, 0.3) is 0 Å². The maximum Gasteiger partial charge on any atom is 0.346 e. The summed E-state index contributed by atoms with van der Waals surface area (Å²) in [7, 11) is 0. The molecule has 2 fully saturated rings. The maximum absolute atomic E-state index is 12.9. The summed E-state index contributed by atoms with van der Waals surface area (Å²) in [6.07, 6.45) is 3.36. The normalized spacial score (nSPS) is 15.0. The van der Waals surface area contributed by atoms with E-state index in [-0.39, 0.29) is 11.4 Å². The number of hydrogen-bond acceptors (Lipinski definition) is 9. The Morgan fingerprint density at radius 3 is 1.47 bits per heavy atom. The first-order chi connectivity index (χ1) is 28.8. The summed E-state index contributed by atoms with van der Waals surface area (Å²) in [6, 6.07) is 25.8. The topological polar surface area (TPSA) is 102 Å². The summed E-state index contributed by atoms with van der Waals surface area (Å²) < 4.78 is 12.5. The third-order valence-corrected chi connectivity index (χ3v) is 11.5. The largest absolute Gasteiger partial charge is 0.492 e. The van der Waals surface area contributed by atoms with Crippen LogP contribution in [0, 0.1) is 0 Å². The van der Waals surface area contributed by atoms with Crippen LogP contribution in [0.15, 0.2) is 88.5 Å². The highest BCUT2D eigenvalue weighted by Crippen LogP contribution is 2.22. The maximum atomic E-state index is 12.9. The van der Waals surface area contributed by atoms with E-state index in [2.05, 4.69) is 41.9 Å². The Labute approximate surface area is 358 Å². The lowest BCUT2D eigenvalue weighted by Crippen LogP contribution is -2.46. The molecule has 0 unspecified atom stereocenters. The van der Waals surface area contributed by atoms with Gasteiger partial charge in [-0.3, -0.25) is 18.9 Å². The van der Waals surface area contributed by atoms with Gasteiger partial charge in [0, 0.05) is 119 Å². The lowest BCUT2D eigenvalue weighted by molar-refractivity contribution is 0.248. The molecule has 2 saturated heterocycles. The molecule has 2 aliphatic rings. The highest BCUT2D eigenvalue weighted by atomic mass is 35.5. The van der Waals surface area contributed by atoms with Gasteiger partial charge in [0.1, 0.15) is 24.0 Å². The van der Waals surface area contributed by atoms with Gasteiger partial charge in [-0.2, -0.15) is 10.2 Å². The number of hydrogen-bond donors (Lipinski definition) is 0. The van der Waals surface area contributed by atoms with Crippen molar-refractivity contribution in [2.24, 2.45) is 0 Å². The van der Waals surface area contributed by atoms with Gasteiger partial charge in [0.15, 0.2) is 0 Å². The van der Waals surface area contributed by atoms with E-state index in [0.29, 0.717) is 32.8 Å². The predicted molar refractivity (Wildman–Crippen MR) is 239 cm³/mol. The Balaban J connectivity index is 0.000000204. The van der Waals surface area contributed by atoms with Gasteiger partial charge in [-0.25, -0.2) is 19.0 Å². The Hall–Kier alpha value is -4.56. The highest BCUT2D eigenvalue weighted by molar-refractivity contribution is 6.31. The summed E-state index contributed by atoms with van der Waals surface area (Å²) >= 11 is 12.2. The minimum absolute atomic E-state index is 0.0233. The standard InChI is InChI=1S/C25H32ClN5O2.C19H28ClN5O/c1-2-24-27-31(25(32)30(24)18-19-33-23-10-4-3-5-11-23)13-7-12-28-14-16-29(17-15-28)22-9-6-8-21(26)20-22;1-3-18-21-25(19(26)24(18)4-2)10-6-9-22-11-13-23(14-12-22)17-8-5-7-16(20)15-17/h3-6,8-11,20H,2,7,12-19H2,1H3;5,7-8,15H,3-4,6,9-14H2,1-2H3. The molecular weight excluding hydrogens is 787 g/mol. The van der Waals surface area contributed by atoms with E-state index in [9.17, 15) is 9.59 Å². The molecule has 0 atom stereocenters. The Morgan fingerprint density at radius 1 is 0.559 bits per heavy atom. The van der Waals surface area contributed by atoms with E-state index in [1.807, 2.05) is 87.5 Å². The van der Waals surface area contributed by atoms with Gasteiger partial charge >= 0.3 is 11.4 Å². The van der Waals surface area contributed by atoms with Crippen molar-refractivity contribution in [3.05, 3.63) is 122 Å². The third-order valence-electron chi connectivity index (χ3n) is 11.1. The van der Waals surface area contributed by atoms with Crippen LogP contribution in [0.25, 0.3) is 0 Å². The molecule has 59 heavy (non-hydrogen) atoms. The Morgan fingerprint density at radius 2 is 1.03 bits per heavy atom. The molecule has 0 aliphatic carbocycles. The van der Waals surface area contributed by atoms with Crippen LogP contribution in [0.2, 0.25) is 10.0 Å². The first-order valence-corrected chi connectivity index (χ1v) is 22.0. The number of aromatic nitrogens is 6. The molecular formula is C44H60Cl2N10O3. The quantitative estimate of drug-likeness (QED) is 0.111. The summed E-state index contributed by atoms with van der Waals surface area (Å²) in [5.41, 5.74) is 2.35. The number of para-hydroxylation sites is 1. The fourth-order valence-corrected chi connectivity index (χ4v) is 8.16. The zero-order valence-corrected chi connectivity index (χ0v) is 36.4. The van der Waals surface area contributed by atoms with Crippen molar-refractivity contribution in [1.29, 1.82) is 0 Å². The van der Waals surface area contributed by atoms with Crippen molar-refractivity contribution in [2.45, 2.75) is 72.6 Å². The van der Waals surface area contributed by atoms with Crippen LogP contribution >= 0.6 is 23.2 Å². The van der Waals surface area contributed by atoms with Crippen LogP contribution in [0.3, 0.4) is 0 Å². The molecule has 4 heterocycles. The minimum Gasteiger partial charge on any atom is -0.492 e. The number of anilines is 2. The number of rotatable bonds is 17. The number of piperazine rings is 2. The lowest BCUT2D eigenvalue weighted by atomic mass is 10.2. The average Bonchev–Trinajstić information content (AvgIpc) is 3.74. The van der Waals surface area contributed by atoms with Crippen LogP contribution < -0.4 is 25.9 Å². The van der Waals surface area contributed by atoms with Crippen molar-refractivity contribution >= 4 is 34.6 Å². The fraction of sp³-hybridized carbons (Fsp3) is 0.500. The molecule has 0 radical (unpaired) electrons. The molecule has 0 spiro atoms. The molecule has 0 N–H and O–H groups in total. The van der Waals surface area contributed by atoms with Gasteiger partial charge in [-0.15, -0.1) is 0 Å². The SMILES string of the molecule is CCc1nn(CCCN2CCN(c3cccc(Cl)c3)CC2)c(=O)n1CC.CCc1nn(CCCN2CCN(c3cccc(Cl)c3)CC2)c(=O)n1CCOc1ccccc1. The summed E-state index contributed by atoms with van der Waals surface area (Å²) in [5.74, 6) is 2.51. The van der Waals surface area contributed by atoms with Gasteiger partial charge in [-0.1, -0.05) is 67.4 Å². The van der Waals surface area contributed by atoms with Crippen LogP contribution in [0.4, 0.5) is 11.4 Å². The molecule has 15 heteroatoms. The summed E-state index contributed by atoms with van der Waals surface area (Å²) in [4.78, 5) is 34.9. The molecule has 13 nitrogen and oxygen atoms in total. The molecule has 0 saturated carbocycles. The van der Waals surface area contributed by atoms with Crippen molar-refractivity contribution in [2.75, 3.05) is 81.9 Å². The molecule has 5 aromatic rings. The monoisotopic (exact) mass is 846 g/mol. The van der Waals surface area contributed by atoms with Gasteiger partial charge < -0.3 is 14.5 Å². The van der Waals surface area contributed by atoms with E-state index in [1.165, 1.54) is 11.4 Å². The first kappa shape index (κ1) is 44.0. The molecule has 2 aromatic heterocycles. The molecule has 318 valence electrons. The first-order valence-electron chi connectivity index (χ1n) is 21.2. The van der Waals surface area contributed by atoms with Crippen LogP contribution in [-0.4, -0.2) is 111 Å². The second kappa shape index (κ2) is 22.2. The van der Waals surface area contributed by atoms with Crippen LogP contribution in [0.5, 0.6) is 5.75 Å². The smallest absolute Gasteiger partial charge is 0.346 e. The second-order valence-corrected chi connectivity index (χ2v) is 15.8. The van der Waals surface area contributed by atoms with Crippen LogP contribution in [-0.2, 0) is 39.0 Å². The zero-order chi connectivity index (χ0) is 41.6. The number of benzene rings is 3. The summed E-state index contributed by atoms with van der Waals surface area (Å²) in [5, 5.41) is 10.6. The van der Waals surface area contributed by atoms with Crippen molar-refractivity contribution in [1.82, 2.24) is 38.5 Å². The van der Waals surface area contributed by atoms with E-state index in [4.69, 9.17) is 27.9 Å². The lowest BCUT2D eigenvalue weighted by Gasteiger charge is -2.36. The molecule has 7 rings (SSSR count). The minimum atomic E-state index is -0.0470. The zero-order valence-electron chi connectivity index (χ0n) is 34.9. The van der Waals surface area contributed by atoms with Crippen molar-refractivity contribution in [3.63, 3.8) is 0 Å². The van der Waals surface area contributed by atoms with E-state index >= 15 is 0 Å². The number of ether oxygens (including phenoxy) is 1. The second-order valence-electron chi connectivity index (χ2n) is 14.9. The van der Waals surface area contributed by atoms with Gasteiger partial charge in [0.05, 0.1) is 6.54 Å². The molecule has 0 amide bonds. The average molecular weight is 848 g/mol. The third kappa shape index (κ3) is 12.3. The highest BCUT2D eigenvalue weighted by Gasteiger charge is 2.20. The van der Waals surface area contributed by atoms with Gasteiger partial charge in [0.2, 0.25) is 0 Å². The van der Waals surface area contributed by atoms with Crippen molar-refractivity contribution in [3.8, 4) is 5.75 Å². The van der Waals surface area contributed by atoms with Crippen LogP contribution in [0.1, 0.15) is 45.3 Å². The fourth-order valence-electron chi connectivity index (χ4n) is 7.79. The summed E-state index contributed by atoms with van der Waals surface area (Å²) in [6.45, 7) is 19.0. The molecule has 3 aromatic carbocycles. The van der Waals surface area contributed by atoms with Gasteiger partial charge in [-0.05, 0) is 68.3 Å². The molecule has 0 bridgehead atoms. The number of aryl methyl sites for hydroxylation is 4. The van der Waals surface area contributed by atoms with Crippen molar-refractivity contribution < 1.29 is 4.74 Å². The van der Waals surface area contributed by atoms with E-state index in [0.717, 1.165) is 119 Å². The molecule has 2 aliphatic heterocycles. The number of nitrogens with zero attached hydrogens (tertiary/aromatic N) is 10. The Bertz CT molecular complexity index is 2150. The Kier molecular flexibility index (Phi) is 16.5. The predicted octanol–water partition coefficient (Wildman–Crippen LogP) is 6.04. The van der Waals surface area contributed by atoms with E-state index < -0.39 is 0 Å². The van der Waals surface area contributed by atoms with E-state index in [1.54, 1.807) is 18.5 Å². The number of halogens is 2.